The summed E-state index contributed by atoms with van der Waals surface area (Å²) in [4.78, 5) is 17.6. The monoisotopic (exact) mass is 672 g/mol. The third kappa shape index (κ3) is 5.38. The van der Waals surface area contributed by atoms with Crippen molar-refractivity contribution in [1.29, 1.82) is 5.26 Å². The Hall–Kier alpha value is -3.00. The summed E-state index contributed by atoms with van der Waals surface area (Å²) < 4.78 is 15.3. The zero-order chi connectivity index (χ0) is 25.8. The van der Waals surface area contributed by atoms with E-state index in [0.29, 0.717) is 54.9 Å². The van der Waals surface area contributed by atoms with Gasteiger partial charge in [-0.2, -0.15) is 15.0 Å². The maximum absolute atomic E-state index is 13.1. The van der Waals surface area contributed by atoms with Gasteiger partial charge in [-0.3, -0.25) is 4.79 Å². The van der Waals surface area contributed by atoms with E-state index in [1.807, 2.05) is 31.2 Å². The van der Waals surface area contributed by atoms with Crippen LogP contribution in [-0.4, -0.2) is 22.5 Å². The Morgan fingerprint density at radius 2 is 1.89 bits per heavy atom. The van der Waals surface area contributed by atoms with Crippen LogP contribution >= 0.6 is 47.8 Å². The number of ether oxygens (including phenoxy) is 2. The van der Waals surface area contributed by atoms with Crippen LogP contribution in [0.1, 0.15) is 29.4 Å². The highest BCUT2D eigenvalue weighted by Gasteiger charge is 2.18. The molecule has 182 valence electrons. The molecule has 0 aliphatic rings. The summed E-state index contributed by atoms with van der Waals surface area (Å²) in [6, 6.07) is 16.6. The molecular weight excluding hydrogens is 656 g/mol. The van der Waals surface area contributed by atoms with E-state index in [9.17, 15) is 10.1 Å². The average Bonchev–Trinajstić information content (AvgIpc) is 2.87. The summed E-state index contributed by atoms with van der Waals surface area (Å²) in [6.45, 7) is 4.21. The van der Waals surface area contributed by atoms with Gasteiger partial charge in [-0.05, 0) is 76.0 Å². The van der Waals surface area contributed by atoms with Crippen molar-refractivity contribution in [2.45, 2.75) is 20.5 Å². The number of hydrogen-bond donors (Lipinski definition) is 0. The number of fused-ring (bicyclic) bond motifs is 1. The van der Waals surface area contributed by atoms with Gasteiger partial charge in [-0.25, -0.2) is 4.98 Å². The minimum atomic E-state index is -0.272. The largest absolute Gasteiger partial charge is 0.490 e. The van der Waals surface area contributed by atoms with Gasteiger partial charge in [0.05, 0.1) is 39.8 Å². The first-order valence-electron chi connectivity index (χ1n) is 10.8. The van der Waals surface area contributed by atoms with Gasteiger partial charge < -0.3 is 9.47 Å². The van der Waals surface area contributed by atoms with Gasteiger partial charge >= 0.3 is 0 Å². The van der Waals surface area contributed by atoms with Crippen molar-refractivity contribution in [3.8, 4) is 17.6 Å². The second-order valence-electron chi connectivity index (χ2n) is 7.59. The van der Waals surface area contributed by atoms with Crippen molar-refractivity contribution in [1.82, 2.24) is 9.66 Å². The average molecular weight is 675 g/mol. The molecule has 0 saturated carbocycles. The predicted molar refractivity (Wildman–Crippen MR) is 150 cm³/mol. The Morgan fingerprint density at radius 1 is 1.11 bits per heavy atom. The highest BCUT2D eigenvalue weighted by Crippen LogP contribution is 2.43. The van der Waals surface area contributed by atoms with Gasteiger partial charge in [0.2, 0.25) is 0 Å². The van der Waals surface area contributed by atoms with Gasteiger partial charge in [-0.15, -0.1) is 0 Å². The molecule has 7 nitrogen and oxygen atoms in total. The fourth-order valence-corrected chi connectivity index (χ4v) is 4.81. The third-order valence-electron chi connectivity index (χ3n) is 5.25. The quantitative estimate of drug-likeness (QED) is 0.203. The molecule has 10 heteroatoms. The van der Waals surface area contributed by atoms with Crippen LogP contribution in [0.15, 0.2) is 71.8 Å². The molecule has 0 spiro atoms. The van der Waals surface area contributed by atoms with Crippen LogP contribution in [-0.2, 0) is 6.61 Å². The molecule has 0 atom stereocenters. The summed E-state index contributed by atoms with van der Waals surface area (Å²) in [5, 5.41) is 14.2. The molecule has 1 aromatic heterocycles. The summed E-state index contributed by atoms with van der Waals surface area (Å²) in [5.74, 6) is 1.44. The summed E-state index contributed by atoms with van der Waals surface area (Å²) in [7, 11) is 0. The first-order valence-corrected chi connectivity index (χ1v) is 13.2. The summed E-state index contributed by atoms with van der Waals surface area (Å²) in [5.41, 5.74) is 2.31. The topological polar surface area (TPSA) is 89.5 Å². The van der Waals surface area contributed by atoms with Crippen molar-refractivity contribution in [2.24, 2.45) is 5.10 Å². The van der Waals surface area contributed by atoms with E-state index in [1.54, 1.807) is 37.4 Å². The van der Waals surface area contributed by atoms with Crippen molar-refractivity contribution < 1.29 is 9.47 Å². The van der Waals surface area contributed by atoms with Crippen molar-refractivity contribution in [3.63, 3.8) is 0 Å². The number of aromatic nitrogens is 2. The van der Waals surface area contributed by atoms with Crippen LogP contribution in [0, 0.1) is 18.3 Å². The van der Waals surface area contributed by atoms with Gasteiger partial charge in [-0.1, -0.05) is 34.1 Å². The standard InChI is InChI=1S/C26H19Br3N4O3/c1-3-35-22-10-18(13-31-33-15(2)32-21-9-8-19(27)11-20(21)26(33)34)23(28)24(29)25(22)36-14-17-7-5-4-6-16(17)12-30/h4-11,13H,3,14H2,1-2H3. The van der Waals surface area contributed by atoms with Crippen molar-refractivity contribution in [2.75, 3.05) is 6.61 Å². The van der Waals surface area contributed by atoms with Crippen LogP contribution in [0.4, 0.5) is 0 Å². The molecule has 0 bridgehead atoms. The number of halogens is 3. The molecule has 0 aliphatic carbocycles. The van der Waals surface area contributed by atoms with E-state index in [-0.39, 0.29) is 12.2 Å². The Bertz CT molecular complexity index is 1590. The first kappa shape index (κ1) is 26.1. The Morgan fingerprint density at radius 3 is 2.64 bits per heavy atom. The fraction of sp³-hybridized carbons (Fsp3) is 0.154. The van der Waals surface area contributed by atoms with E-state index < -0.39 is 0 Å². The molecule has 0 saturated heterocycles. The molecule has 0 aliphatic heterocycles. The highest BCUT2D eigenvalue weighted by atomic mass is 79.9. The second kappa shape index (κ2) is 11.4. The number of hydrogen-bond acceptors (Lipinski definition) is 6. The summed E-state index contributed by atoms with van der Waals surface area (Å²) >= 11 is 10.6. The SMILES string of the molecule is CCOc1cc(C=Nn2c(C)nc3ccc(Br)cc3c2=O)c(Br)c(Br)c1OCc1ccccc1C#N. The molecule has 0 amide bonds. The first-order chi connectivity index (χ1) is 17.3. The van der Waals surface area contributed by atoms with Crippen LogP contribution in [0.2, 0.25) is 0 Å². The molecule has 4 rings (SSSR count). The second-order valence-corrected chi connectivity index (χ2v) is 10.1. The maximum atomic E-state index is 13.1. The third-order valence-corrected chi connectivity index (χ3v) is 7.88. The molecule has 0 radical (unpaired) electrons. The maximum Gasteiger partial charge on any atom is 0.282 e. The molecule has 0 unspecified atom stereocenters. The fourth-order valence-electron chi connectivity index (χ4n) is 3.52. The zero-order valence-corrected chi connectivity index (χ0v) is 24.0. The Labute approximate surface area is 232 Å². The normalized spacial score (nSPS) is 11.1. The number of aryl methyl sites for hydroxylation is 1. The zero-order valence-electron chi connectivity index (χ0n) is 19.3. The van der Waals surface area contributed by atoms with Crippen molar-refractivity contribution >= 4 is 64.9 Å². The van der Waals surface area contributed by atoms with Crippen LogP contribution in [0.3, 0.4) is 0 Å². The van der Waals surface area contributed by atoms with Crippen molar-refractivity contribution in [3.05, 3.63) is 94.8 Å². The van der Waals surface area contributed by atoms with E-state index in [4.69, 9.17) is 9.47 Å². The Kier molecular flexibility index (Phi) is 8.24. The van der Waals surface area contributed by atoms with E-state index in [2.05, 4.69) is 63.9 Å². The van der Waals surface area contributed by atoms with E-state index >= 15 is 0 Å². The van der Waals surface area contributed by atoms with E-state index in [0.717, 1.165) is 10.0 Å². The molecule has 4 aromatic rings. The lowest BCUT2D eigenvalue weighted by Gasteiger charge is -2.16. The summed E-state index contributed by atoms with van der Waals surface area (Å²) in [6.07, 6.45) is 1.56. The van der Waals surface area contributed by atoms with Crippen LogP contribution in [0.25, 0.3) is 10.9 Å². The minimum absolute atomic E-state index is 0.190. The molecule has 1 heterocycles. The number of rotatable bonds is 7. The van der Waals surface area contributed by atoms with E-state index in [1.165, 1.54) is 4.68 Å². The number of nitrogens with zero attached hydrogens (tertiary/aromatic N) is 4. The van der Waals surface area contributed by atoms with Gasteiger partial charge in [0.1, 0.15) is 12.4 Å². The predicted octanol–water partition coefficient (Wildman–Crippen LogP) is 6.72. The van der Waals surface area contributed by atoms with Gasteiger partial charge in [0.25, 0.3) is 5.56 Å². The Balaban J connectivity index is 1.72. The molecule has 3 aromatic carbocycles. The lowest BCUT2D eigenvalue weighted by Crippen LogP contribution is -2.20. The minimum Gasteiger partial charge on any atom is -0.490 e. The molecule has 0 fully saturated rings. The van der Waals surface area contributed by atoms with Gasteiger partial charge in [0, 0.05) is 20.1 Å². The molecular formula is C26H19Br3N4O3. The van der Waals surface area contributed by atoms with Gasteiger partial charge in [0.15, 0.2) is 11.5 Å². The van der Waals surface area contributed by atoms with Crippen LogP contribution in [0.5, 0.6) is 11.5 Å². The molecule has 36 heavy (non-hydrogen) atoms. The smallest absolute Gasteiger partial charge is 0.282 e. The number of nitriles is 1. The lowest BCUT2D eigenvalue weighted by molar-refractivity contribution is 0.267. The van der Waals surface area contributed by atoms with Crippen LogP contribution < -0.4 is 15.0 Å². The lowest BCUT2D eigenvalue weighted by atomic mass is 10.1. The number of benzene rings is 3. The highest BCUT2D eigenvalue weighted by molar-refractivity contribution is 9.13. The molecule has 0 N–H and O–H groups in total.